The summed E-state index contributed by atoms with van der Waals surface area (Å²) in [6, 6.07) is 9.93. The van der Waals surface area contributed by atoms with Gasteiger partial charge >= 0.3 is 5.97 Å². The number of nitrogens with one attached hydrogen (secondary N) is 2. The van der Waals surface area contributed by atoms with E-state index in [-0.39, 0.29) is 34.5 Å². The molecule has 1 saturated carbocycles. The van der Waals surface area contributed by atoms with Crippen LogP contribution in [-0.2, 0) is 9.53 Å². The Morgan fingerprint density at radius 1 is 1.09 bits per heavy atom. The van der Waals surface area contributed by atoms with Crippen LogP contribution in [-0.4, -0.2) is 36.1 Å². The van der Waals surface area contributed by atoms with Crippen LogP contribution < -0.4 is 20.3 Å². The summed E-state index contributed by atoms with van der Waals surface area (Å²) in [5.74, 6) is -0.0392. The molecule has 0 spiro atoms. The summed E-state index contributed by atoms with van der Waals surface area (Å²) in [5, 5.41) is 3.30. The Hall–Kier alpha value is -3.88. The van der Waals surface area contributed by atoms with Gasteiger partial charge < -0.3 is 24.5 Å². The van der Waals surface area contributed by atoms with E-state index in [1.165, 1.54) is 20.3 Å². The maximum atomic E-state index is 13.2. The Balaban J connectivity index is 1.63. The van der Waals surface area contributed by atoms with E-state index in [1.807, 2.05) is 0 Å². The second kappa shape index (κ2) is 9.94. The van der Waals surface area contributed by atoms with Gasteiger partial charge in [0.25, 0.3) is 5.56 Å². The number of rotatable bonds is 7. The van der Waals surface area contributed by atoms with E-state index >= 15 is 0 Å². The standard InChI is InChI=1S/C25H27N3O6/c1-14(22-26-18-11-7-6-10-16(18)24(30)28-22)34-25(31)17-12-20(32-2)21(33-3)13-19(17)27-23(29)15-8-4-5-9-15/h6-7,10-15H,4-5,8-9H2,1-3H3,(H,27,29)(H,26,28,30). The molecule has 1 aliphatic rings. The summed E-state index contributed by atoms with van der Waals surface area (Å²) in [6.07, 6.45) is 2.80. The average Bonchev–Trinajstić information content (AvgIpc) is 3.39. The number of anilines is 1. The number of nitrogens with zero attached hydrogens (tertiary/aromatic N) is 1. The lowest BCUT2D eigenvalue weighted by Gasteiger charge is -2.18. The molecule has 178 valence electrons. The summed E-state index contributed by atoms with van der Waals surface area (Å²) in [6.45, 7) is 1.61. The van der Waals surface area contributed by atoms with E-state index in [9.17, 15) is 14.4 Å². The number of carbonyl (C=O) groups excluding carboxylic acids is 2. The molecule has 1 fully saturated rings. The first-order chi connectivity index (χ1) is 16.4. The summed E-state index contributed by atoms with van der Waals surface area (Å²) < 4.78 is 16.3. The Kier molecular flexibility index (Phi) is 6.81. The number of amides is 1. The molecule has 9 nitrogen and oxygen atoms in total. The number of benzene rings is 2. The largest absolute Gasteiger partial charge is 0.493 e. The number of carbonyl (C=O) groups is 2. The minimum absolute atomic E-state index is 0.0947. The minimum atomic E-state index is -0.851. The number of hydrogen-bond donors (Lipinski definition) is 2. The van der Waals surface area contributed by atoms with Crippen LogP contribution in [0.25, 0.3) is 10.9 Å². The van der Waals surface area contributed by atoms with E-state index in [0.29, 0.717) is 22.4 Å². The maximum absolute atomic E-state index is 13.2. The van der Waals surface area contributed by atoms with Gasteiger partial charge in [0.05, 0.1) is 36.4 Å². The van der Waals surface area contributed by atoms with E-state index in [1.54, 1.807) is 37.3 Å². The quantitative estimate of drug-likeness (QED) is 0.506. The molecule has 34 heavy (non-hydrogen) atoms. The van der Waals surface area contributed by atoms with Crippen molar-refractivity contribution in [3.05, 3.63) is 58.1 Å². The number of methoxy groups -OCH3 is 2. The fourth-order valence-corrected chi connectivity index (χ4v) is 4.15. The van der Waals surface area contributed by atoms with E-state index in [0.717, 1.165) is 25.7 Å². The third kappa shape index (κ3) is 4.73. The van der Waals surface area contributed by atoms with E-state index in [4.69, 9.17) is 14.2 Å². The van der Waals surface area contributed by atoms with Crippen molar-refractivity contribution in [3.8, 4) is 11.5 Å². The van der Waals surface area contributed by atoms with Gasteiger partial charge in [-0.15, -0.1) is 0 Å². The molecule has 1 unspecified atom stereocenters. The first kappa shape index (κ1) is 23.3. The van der Waals surface area contributed by atoms with Crippen LogP contribution in [0.3, 0.4) is 0 Å². The van der Waals surface area contributed by atoms with Gasteiger partial charge in [0.1, 0.15) is 0 Å². The van der Waals surface area contributed by atoms with Gasteiger partial charge in [-0.2, -0.15) is 0 Å². The lowest BCUT2D eigenvalue weighted by molar-refractivity contribution is -0.119. The number of aromatic nitrogens is 2. The molecule has 1 amide bonds. The molecule has 4 rings (SSSR count). The highest BCUT2D eigenvalue weighted by molar-refractivity contribution is 6.03. The molecule has 0 radical (unpaired) electrons. The van der Waals surface area contributed by atoms with Gasteiger partial charge in [-0.1, -0.05) is 25.0 Å². The molecular formula is C25H27N3O6. The third-order valence-corrected chi connectivity index (χ3v) is 6.03. The number of para-hydroxylation sites is 1. The van der Waals surface area contributed by atoms with Gasteiger partial charge in [-0.3, -0.25) is 9.59 Å². The highest BCUT2D eigenvalue weighted by Crippen LogP contribution is 2.35. The van der Waals surface area contributed by atoms with Crippen molar-refractivity contribution in [1.82, 2.24) is 9.97 Å². The van der Waals surface area contributed by atoms with Crippen molar-refractivity contribution in [1.29, 1.82) is 0 Å². The second-order valence-corrected chi connectivity index (χ2v) is 8.24. The maximum Gasteiger partial charge on any atom is 0.341 e. The van der Waals surface area contributed by atoms with Crippen molar-refractivity contribution >= 4 is 28.5 Å². The van der Waals surface area contributed by atoms with Crippen LogP contribution in [0.2, 0.25) is 0 Å². The first-order valence-electron chi connectivity index (χ1n) is 11.2. The lowest BCUT2D eigenvalue weighted by Crippen LogP contribution is -2.23. The minimum Gasteiger partial charge on any atom is -0.493 e. The normalized spacial score (nSPS) is 14.6. The van der Waals surface area contributed by atoms with Gasteiger partial charge in [-0.05, 0) is 31.9 Å². The van der Waals surface area contributed by atoms with Crippen molar-refractivity contribution in [3.63, 3.8) is 0 Å². The molecule has 9 heteroatoms. The smallest absolute Gasteiger partial charge is 0.341 e. The van der Waals surface area contributed by atoms with Gasteiger partial charge in [0.15, 0.2) is 23.4 Å². The second-order valence-electron chi connectivity index (χ2n) is 8.24. The van der Waals surface area contributed by atoms with Crippen molar-refractivity contribution in [2.75, 3.05) is 19.5 Å². The summed E-state index contributed by atoms with van der Waals surface area (Å²) in [4.78, 5) is 45.4. The number of ether oxygens (including phenoxy) is 3. The van der Waals surface area contributed by atoms with Crippen molar-refractivity contribution in [2.24, 2.45) is 5.92 Å². The fourth-order valence-electron chi connectivity index (χ4n) is 4.15. The topological polar surface area (TPSA) is 120 Å². The van der Waals surface area contributed by atoms with Crippen LogP contribution in [0.5, 0.6) is 11.5 Å². The molecule has 1 atom stereocenters. The van der Waals surface area contributed by atoms with E-state index < -0.39 is 12.1 Å². The molecule has 1 aliphatic carbocycles. The number of esters is 1. The highest BCUT2D eigenvalue weighted by atomic mass is 16.5. The van der Waals surface area contributed by atoms with Gasteiger partial charge in [0.2, 0.25) is 5.91 Å². The zero-order valence-corrected chi connectivity index (χ0v) is 19.3. The van der Waals surface area contributed by atoms with Crippen molar-refractivity contribution < 1.29 is 23.8 Å². The Bertz CT molecular complexity index is 1280. The van der Waals surface area contributed by atoms with Crippen LogP contribution in [0, 0.1) is 5.92 Å². The molecule has 1 aromatic heterocycles. The molecule has 0 bridgehead atoms. The Morgan fingerprint density at radius 2 is 1.76 bits per heavy atom. The number of aromatic amines is 1. The summed E-state index contributed by atoms with van der Waals surface area (Å²) >= 11 is 0. The van der Waals surface area contributed by atoms with E-state index in [2.05, 4.69) is 15.3 Å². The van der Waals surface area contributed by atoms with Crippen LogP contribution in [0.15, 0.2) is 41.2 Å². The predicted molar refractivity (Wildman–Crippen MR) is 126 cm³/mol. The number of hydrogen-bond acceptors (Lipinski definition) is 7. The predicted octanol–water partition coefficient (Wildman–Crippen LogP) is 3.99. The number of H-pyrrole nitrogens is 1. The Morgan fingerprint density at radius 3 is 2.47 bits per heavy atom. The Labute approximate surface area is 196 Å². The molecule has 1 heterocycles. The SMILES string of the molecule is COc1cc(NC(=O)C2CCCC2)c(C(=O)OC(C)c2nc3ccccc3c(=O)[nH]2)cc1OC. The highest BCUT2D eigenvalue weighted by Gasteiger charge is 2.27. The van der Waals surface area contributed by atoms with Crippen LogP contribution in [0.1, 0.15) is 54.9 Å². The zero-order chi connectivity index (χ0) is 24.2. The fraction of sp³-hybridized carbons (Fsp3) is 0.360. The molecular weight excluding hydrogens is 438 g/mol. The molecule has 2 N–H and O–H groups in total. The summed E-state index contributed by atoms with van der Waals surface area (Å²) in [7, 11) is 2.93. The average molecular weight is 466 g/mol. The molecule has 2 aromatic carbocycles. The van der Waals surface area contributed by atoms with Crippen LogP contribution in [0.4, 0.5) is 5.69 Å². The monoisotopic (exact) mass is 465 g/mol. The zero-order valence-electron chi connectivity index (χ0n) is 19.3. The van der Waals surface area contributed by atoms with Gasteiger partial charge in [0, 0.05) is 18.1 Å². The van der Waals surface area contributed by atoms with Crippen molar-refractivity contribution in [2.45, 2.75) is 38.7 Å². The summed E-state index contributed by atoms with van der Waals surface area (Å²) in [5.41, 5.74) is 0.560. The third-order valence-electron chi connectivity index (χ3n) is 6.03. The first-order valence-corrected chi connectivity index (χ1v) is 11.2. The number of fused-ring (bicyclic) bond motifs is 1. The van der Waals surface area contributed by atoms with Gasteiger partial charge in [-0.25, -0.2) is 9.78 Å². The molecule has 3 aromatic rings. The molecule has 0 saturated heterocycles. The van der Waals surface area contributed by atoms with Crippen LogP contribution >= 0.6 is 0 Å². The lowest BCUT2D eigenvalue weighted by atomic mass is 10.1. The molecule has 0 aliphatic heterocycles.